The molecular formula is C13H24N4. The molecule has 2 N–H and O–H groups in total. The van der Waals surface area contributed by atoms with Crippen molar-refractivity contribution in [2.75, 3.05) is 17.2 Å². The van der Waals surface area contributed by atoms with Crippen molar-refractivity contribution in [3.05, 3.63) is 11.9 Å². The van der Waals surface area contributed by atoms with Crippen LogP contribution in [-0.4, -0.2) is 22.6 Å². The Labute approximate surface area is 104 Å². The van der Waals surface area contributed by atoms with E-state index in [9.17, 15) is 0 Å². The summed E-state index contributed by atoms with van der Waals surface area (Å²) in [6, 6.07) is 2.48. The number of nitrogens with one attached hydrogen (secondary N) is 2. The van der Waals surface area contributed by atoms with Crippen LogP contribution in [0.4, 0.5) is 11.6 Å². The van der Waals surface area contributed by atoms with Gasteiger partial charge in [0.1, 0.15) is 17.5 Å². The predicted molar refractivity (Wildman–Crippen MR) is 73.6 cm³/mol. The highest BCUT2D eigenvalue weighted by molar-refractivity contribution is 5.48. The number of rotatable bonds is 7. The maximum Gasteiger partial charge on any atom is 0.132 e. The topological polar surface area (TPSA) is 49.8 Å². The van der Waals surface area contributed by atoms with Crippen molar-refractivity contribution in [3.63, 3.8) is 0 Å². The Morgan fingerprint density at radius 1 is 1.06 bits per heavy atom. The number of nitrogens with zero attached hydrogens (tertiary/aromatic N) is 2. The molecular weight excluding hydrogens is 212 g/mol. The van der Waals surface area contributed by atoms with E-state index in [0.29, 0.717) is 6.04 Å². The van der Waals surface area contributed by atoms with Gasteiger partial charge in [0.05, 0.1) is 0 Å². The number of anilines is 2. The van der Waals surface area contributed by atoms with Crippen LogP contribution in [0.1, 0.15) is 46.4 Å². The van der Waals surface area contributed by atoms with Crippen LogP contribution in [0.3, 0.4) is 0 Å². The van der Waals surface area contributed by atoms with Crippen LogP contribution >= 0.6 is 0 Å². The highest BCUT2D eigenvalue weighted by Gasteiger charge is 2.07. The molecule has 1 heterocycles. The molecule has 0 atom stereocenters. The van der Waals surface area contributed by atoms with Gasteiger partial charge in [-0.25, -0.2) is 9.97 Å². The fourth-order valence-corrected chi connectivity index (χ4v) is 1.70. The van der Waals surface area contributed by atoms with Crippen molar-refractivity contribution in [2.45, 2.75) is 53.0 Å². The van der Waals surface area contributed by atoms with E-state index in [1.807, 2.05) is 6.07 Å². The fraction of sp³-hybridized carbons (Fsp3) is 0.692. The molecule has 0 aliphatic rings. The molecule has 0 bridgehead atoms. The van der Waals surface area contributed by atoms with Crippen LogP contribution in [-0.2, 0) is 6.42 Å². The summed E-state index contributed by atoms with van der Waals surface area (Å²) in [4.78, 5) is 8.95. The second-order valence-corrected chi connectivity index (χ2v) is 4.10. The Hall–Kier alpha value is -1.32. The summed E-state index contributed by atoms with van der Waals surface area (Å²) in [7, 11) is 0. The monoisotopic (exact) mass is 236 g/mol. The average molecular weight is 236 g/mol. The maximum absolute atomic E-state index is 4.51. The first-order valence-corrected chi connectivity index (χ1v) is 6.61. The van der Waals surface area contributed by atoms with Crippen LogP contribution in [0.25, 0.3) is 0 Å². The summed E-state index contributed by atoms with van der Waals surface area (Å²) < 4.78 is 0. The van der Waals surface area contributed by atoms with Gasteiger partial charge < -0.3 is 10.6 Å². The van der Waals surface area contributed by atoms with Crippen molar-refractivity contribution in [1.82, 2.24) is 9.97 Å². The third-order valence-corrected chi connectivity index (χ3v) is 2.78. The molecule has 4 heteroatoms. The van der Waals surface area contributed by atoms with Gasteiger partial charge in [0.15, 0.2) is 0 Å². The Morgan fingerprint density at radius 2 is 1.71 bits per heavy atom. The highest BCUT2D eigenvalue weighted by atomic mass is 15.1. The smallest absolute Gasteiger partial charge is 0.132 e. The lowest BCUT2D eigenvalue weighted by atomic mass is 10.2. The maximum atomic E-state index is 4.51. The lowest BCUT2D eigenvalue weighted by Crippen LogP contribution is -2.18. The van der Waals surface area contributed by atoms with Gasteiger partial charge in [-0.1, -0.05) is 20.8 Å². The molecule has 0 aliphatic heterocycles. The summed E-state index contributed by atoms with van der Waals surface area (Å²) in [5.41, 5.74) is 0. The number of aryl methyl sites for hydroxylation is 1. The van der Waals surface area contributed by atoms with Crippen LogP contribution in [0, 0.1) is 0 Å². The Balaban J connectivity index is 2.85. The molecule has 0 amide bonds. The summed E-state index contributed by atoms with van der Waals surface area (Å²) in [5, 5.41) is 6.70. The zero-order chi connectivity index (χ0) is 12.7. The van der Waals surface area contributed by atoms with Crippen molar-refractivity contribution < 1.29 is 0 Å². The average Bonchev–Trinajstić information content (AvgIpc) is 2.36. The molecule has 17 heavy (non-hydrogen) atoms. The van der Waals surface area contributed by atoms with E-state index in [0.717, 1.165) is 43.3 Å². The third-order valence-electron chi connectivity index (χ3n) is 2.78. The second-order valence-electron chi connectivity index (χ2n) is 4.10. The first-order chi connectivity index (χ1) is 8.23. The van der Waals surface area contributed by atoms with E-state index in [2.05, 4.69) is 48.3 Å². The van der Waals surface area contributed by atoms with Crippen molar-refractivity contribution >= 4 is 11.6 Å². The molecule has 0 radical (unpaired) electrons. The van der Waals surface area contributed by atoms with Crippen LogP contribution in [0.5, 0.6) is 0 Å². The molecule has 0 aliphatic carbocycles. The van der Waals surface area contributed by atoms with Gasteiger partial charge in [0.25, 0.3) is 0 Å². The van der Waals surface area contributed by atoms with E-state index in [1.54, 1.807) is 0 Å². The van der Waals surface area contributed by atoms with Gasteiger partial charge in [-0.2, -0.15) is 0 Å². The zero-order valence-electron chi connectivity index (χ0n) is 11.4. The Bertz CT molecular complexity index is 334. The summed E-state index contributed by atoms with van der Waals surface area (Å²) in [5.74, 6) is 2.73. The molecule has 1 rings (SSSR count). The van der Waals surface area contributed by atoms with Gasteiger partial charge in [0, 0.05) is 25.1 Å². The Morgan fingerprint density at radius 3 is 2.24 bits per heavy atom. The quantitative estimate of drug-likeness (QED) is 0.764. The molecule has 0 aromatic carbocycles. The van der Waals surface area contributed by atoms with Crippen LogP contribution < -0.4 is 10.6 Å². The minimum Gasteiger partial charge on any atom is -0.370 e. The first kappa shape index (κ1) is 13.7. The molecule has 0 spiro atoms. The molecule has 1 aromatic heterocycles. The van der Waals surface area contributed by atoms with Crippen LogP contribution in [0.2, 0.25) is 0 Å². The van der Waals surface area contributed by atoms with Crippen molar-refractivity contribution in [3.8, 4) is 0 Å². The Kier molecular flexibility index (Phi) is 5.73. The SMILES string of the molecule is CCNc1cc(NC(CC)CC)nc(CC)n1. The molecule has 0 unspecified atom stereocenters. The van der Waals surface area contributed by atoms with E-state index >= 15 is 0 Å². The normalized spacial score (nSPS) is 10.6. The van der Waals surface area contributed by atoms with Gasteiger partial charge in [-0.15, -0.1) is 0 Å². The van der Waals surface area contributed by atoms with E-state index in [4.69, 9.17) is 0 Å². The largest absolute Gasteiger partial charge is 0.370 e. The number of hydrogen-bond donors (Lipinski definition) is 2. The minimum atomic E-state index is 0.490. The molecule has 96 valence electrons. The number of hydrogen-bond acceptors (Lipinski definition) is 4. The summed E-state index contributed by atoms with van der Waals surface area (Å²) in [6.07, 6.45) is 3.08. The third kappa shape index (κ3) is 4.21. The van der Waals surface area contributed by atoms with Gasteiger partial charge in [-0.3, -0.25) is 0 Å². The van der Waals surface area contributed by atoms with Crippen molar-refractivity contribution in [1.29, 1.82) is 0 Å². The highest BCUT2D eigenvalue weighted by Crippen LogP contribution is 2.14. The molecule has 4 nitrogen and oxygen atoms in total. The first-order valence-electron chi connectivity index (χ1n) is 6.61. The molecule has 1 aromatic rings. The van der Waals surface area contributed by atoms with Gasteiger partial charge in [0.2, 0.25) is 0 Å². The van der Waals surface area contributed by atoms with E-state index < -0.39 is 0 Å². The minimum absolute atomic E-state index is 0.490. The molecule has 0 fully saturated rings. The summed E-state index contributed by atoms with van der Waals surface area (Å²) >= 11 is 0. The predicted octanol–water partition coefficient (Wildman–Crippen LogP) is 3.07. The van der Waals surface area contributed by atoms with Crippen LogP contribution in [0.15, 0.2) is 6.07 Å². The standard InChI is InChI=1S/C13H24N4/c1-5-10(6-2)15-13-9-12(14-8-4)16-11(7-3)17-13/h9-10H,5-8H2,1-4H3,(H2,14,15,16,17). The van der Waals surface area contributed by atoms with E-state index in [-0.39, 0.29) is 0 Å². The van der Waals surface area contributed by atoms with E-state index in [1.165, 1.54) is 0 Å². The second kappa shape index (κ2) is 7.09. The zero-order valence-corrected chi connectivity index (χ0v) is 11.4. The fourth-order valence-electron chi connectivity index (χ4n) is 1.70. The van der Waals surface area contributed by atoms with Gasteiger partial charge in [-0.05, 0) is 19.8 Å². The number of aromatic nitrogens is 2. The van der Waals surface area contributed by atoms with Gasteiger partial charge >= 0.3 is 0 Å². The lowest BCUT2D eigenvalue weighted by Gasteiger charge is -2.16. The van der Waals surface area contributed by atoms with Crippen molar-refractivity contribution in [2.24, 2.45) is 0 Å². The summed E-state index contributed by atoms with van der Waals surface area (Å²) in [6.45, 7) is 9.40. The molecule has 0 saturated carbocycles. The lowest BCUT2D eigenvalue weighted by molar-refractivity contribution is 0.667. The molecule has 0 saturated heterocycles.